The van der Waals surface area contributed by atoms with Gasteiger partial charge in [-0.3, -0.25) is 9.59 Å². The number of esters is 2. The average molecular weight is 272 g/mol. The summed E-state index contributed by atoms with van der Waals surface area (Å²) in [6, 6.07) is 0. The highest BCUT2D eigenvalue weighted by Crippen LogP contribution is 2.44. The molecule has 0 saturated carbocycles. The molecule has 0 N–H and O–H groups in total. The molecule has 0 aromatic rings. The molecule has 0 bridgehead atoms. The van der Waals surface area contributed by atoms with Gasteiger partial charge in [-0.15, -0.1) is 10.3 Å². The monoisotopic (exact) mass is 272 g/mol. The van der Waals surface area contributed by atoms with Gasteiger partial charge in [-0.1, -0.05) is 6.92 Å². The molecular formula is C13H22NO5. The topological polar surface area (TPSA) is 75.7 Å². The molecule has 1 saturated heterocycles. The molecule has 0 aliphatic carbocycles. The van der Waals surface area contributed by atoms with Crippen LogP contribution in [0, 0.1) is 5.92 Å². The minimum atomic E-state index is -0.824. The van der Waals surface area contributed by atoms with Crippen LogP contribution in [0.25, 0.3) is 0 Å². The van der Waals surface area contributed by atoms with Gasteiger partial charge in [0.1, 0.15) is 0 Å². The molecule has 0 amide bonds. The van der Waals surface area contributed by atoms with Gasteiger partial charge in [0.2, 0.25) is 6.79 Å². The van der Waals surface area contributed by atoms with Gasteiger partial charge in [0.15, 0.2) is 0 Å². The summed E-state index contributed by atoms with van der Waals surface area (Å²) in [5.74, 6) is -1.45. The Labute approximate surface area is 113 Å². The second-order valence-corrected chi connectivity index (χ2v) is 5.97. The van der Waals surface area contributed by atoms with Gasteiger partial charge in [0.05, 0.1) is 11.5 Å². The van der Waals surface area contributed by atoms with Gasteiger partial charge >= 0.3 is 11.9 Å². The molecule has 1 aliphatic rings. The van der Waals surface area contributed by atoms with Crippen molar-refractivity contribution in [1.29, 1.82) is 0 Å². The zero-order valence-electron chi connectivity index (χ0n) is 12.2. The van der Waals surface area contributed by atoms with E-state index in [9.17, 15) is 14.8 Å². The predicted octanol–water partition coefficient (Wildman–Crippen LogP) is 1.66. The summed E-state index contributed by atoms with van der Waals surface area (Å²) in [4.78, 5) is 22.9. The quantitative estimate of drug-likeness (QED) is 0.574. The van der Waals surface area contributed by atoms with E-state index in [1.807, 2.05) is 0 Å². The summed E-state index contributed by atoms with van der Waals surface area (Å²) in [6.45, 7) is 8.30. The van der Waals surface area contributed by atoms with Gasteiger partial charge in [-0.2, -0.15) is 0 Å². The number of carbonyl (C=O) groups is 2. The highest BCUT2D eigenvalue weighted by atomic mass is 16.7. The maximum Gasteiger partial charge on any atom is 0.313 e. The second kappa shape index (κ2) is 5.46. The molecule has 1 fully saturated rings. The highest BCUT2D eigenvalue weighted by Gasteiger charge is 2.55. The Kier molecular flexibility index (Phi) is 4.58. The molecular weight excluding hydrogens is 250 g/mol. The van der Waals surface area contributed by atoms with Crippen LogP contribution in [0.1, 0.15) is 47.5 Å². The van der Waals surface area contributed by atoms with Crippen molar-refractivity contribution < 1.29 is 24.3 Å². The normalized spacial score (nSPS) is 25.1. The third kappa shape index (κ3) is 3.25. The van der Waals surface area contributed by atoms with Gasteiger partial charge in [-0.05, 0) is 34.1 Å². The lowest BCUT2D eigenvalue weighted by molar-refractivity contribution is -0.249. The maximum atomic E-state index is 12.1. The van der Waals surface area contributed by atoms with Crippen molar-refractivity contribution in [2.24, 2.45) is 5.92 Å². The Hall–Kier alpha value is -1.14. The summed E-state index contributed by atoms with van der Waals surface area (Å²) in [5.41, 5.74) is -1.43. The minimum absolute atomic E-state index is 0.230. The van der Waals surface area contributed by atoms with E-state index in [0.29, 0.717) is 6.42 Å². The number of hydrogen-bond donors (Lipinski definition) is 0. The fraction of sp³-hybridized carbons (Fsp3) is 0.846. The van der Waals surface area contributed by atoms with E-state index in [1.165, 1.54) is 0 Å². The number of hydroxylamine groups is 2. The van der Waals surface area contributed by atoms with Gasteiger partial charge < -0.3 is 9.47 Å². The lowest BCUT2D eigenvalue weighted by Gasteiger charge is -2.32. The molecule has 1 unspecified atom stereocenters. The molecule has 1 rings (SSSR count). The van der Waals surface area contributed by atoms with Crippen molar-refractivity contribution in [3.05, 3.63) is 0 Å². The van der Waals surface area contributed by atoms with Crippen LogP contribution in [0.15, 0.2) is 0 Å². The highest BCUT2D eigenvalue weighted by molar-refractivity contribution is 5.75. The van der Waals surface area contributed by atoms with Crippen molar-refractivity contribution >= 4 is 11.9 Å². The molecule has 109 valence electrons. The Morgan fingerprint density at radius 1 is 1.21 bits per heavy atom. The summed E-state index contributed by atoms with van der Waals surface area (Å²) < 4.78 is 9.62. The van der Waals surface area contributed by atoms with Crippen LogP contribution in [-0.4, -0.2) is 34.9 Å². The largest absolute Gasteiger partial charge is 0.428 e. The fourth-order valence-electron chi connectivity index (χ4n) is 2.48. The van der Waals surface area contributed by atoms with Crippen LogP contribution in [0.2, 0.25) is 0 Å². The number of nitrogens with zero attached hydrogens (tertiary/aromatic N) is 1. The first-order valence-corrected chi connectivity index (χ1v) is 6.42. The van der Waals surface area contributed by atoms with E-state index >= 15 is 0 Å². The third-order valence-corrected chi connectivity index (χ3v) is 3.62. The summed E-state index contributed by atoms with van der Waals surface area (Å²) >= 11 is 0. The van der Waals surface area contributed by atoms with Crippen LogP contribution in [-0.2, 0) is 24.3 Å². The third-order valence-electron chi connectivity index (χ3n) is 3.62. The van der Waals surface area contributed by atoms with Crippen molar-refractivity contribution in [3.8, 4) is 0 Å². The Bertz CT molecular complexity index is 364. The fourth-order valence-corrected chi connectivity index (χ4v) is 2.48. The van der Waals surface area contributed by atoms with Gasteiger partial charge in [0, 0.05) is 12.0 Å². The second-order valence-electron chi connectivity index (χ2n) is 5.97. The van der Waals surface area contributed by atoms with Gasteiger partial charge in [0.25, 0.3) is 0 Å². The summed E-state index contributed by atoms with van der Waals surface area (Å²) in [7, 11) is 0. The molecule has 0 spiro atoms. The van der Waals surface area contributed by atoms with Crippen molar-refractivity contribution in [3.63, 3.8) is 0 Å². The van der Waals surface area contributed by atoms with E-state index in [-0.39, 0.29) is 6.42 Å². The number of hydrogen-bond acceptors (Lipinski definition) is 5. The number of carbonyl (C=O) groups excluding carboxylic acids is 2. The van der Waals surface area contributed by atoms with Crippen LogP contribution in [0.5, 0.6) is 0 Å². The molecule has 1 radical (unpaired) electrons. The number of ether oxygens (including phenoxy) is 2. The van der Waals surface area contributed by atoms with Crippen molar-refractivity contribution in [2.45, 2.75) is 58.5 Å². The van der Waals surface area contributed by atoms with Crippen LogP contribution < -0.4 is 0 Å². The van der Waals surface area contributed by atoms with Crippen molar-refractivity contribution in [2.75, 3.05) is 6.79 Å². The van der Waals surface area contributed by atoms with Crippen molar-refractivity contribution in [1.82, 2.24) is 5.06 Å². The van der Waals surface area contributed by atoms with E-state index in [2.05, 4.69) is 0 Å². The lowest BCUT2D eigenvalue weighted by Crippen LogP contribution is -2.47. The molecule has 6 heteroatoms. The van der Waals surface area contributed by atoms with Gasteiger partial charge in [-0.25, -0.2) is 0 Å². The predicted molar refractivity (Wildman–Crippen MR) is 66.1 cm³/mol. The smallest absolute Gasteiger partial charge is 0.313 e. The summed E-state index contributed by atoms with van der Waals surface area (Å²) in [6.07, 6.45) is 0.651. The van der Waals surface area contributed by atoms with E-state index < -0.39 is 35.7 Å². The molecule has 6 nitrogen and oxygen atoms in total. The standard InChI is InChI=1S/C13H22NO5/c1-6-10(15)18-8-19-11(16)9-7-12(2,3)14(17)13(9,4)5/h9H,6-8H2,1-5H3. The molecule has 1 heterocycles. The molecule has 0 aromatic heterocycles. The molecule has 19 heavy (non-hydrogen) atoms. The minimum Gasteiger partial charge on any atom is -0.428 e. The lowest BCUT2D eigenvalue weighted by atomic mass is 9.87. The first-order chi connectivity index (χ1) is 8.63. The van der Waals surface area contributed by atoms with E-state index in [1.54, 1.807) is 34.6 Å². The van der Waals surface area contributed by atoms with E-state index in [0.717, 1.165) is 5.06 Å². The van der Waals surface area contributed by atoms with Crippen LogP contribution in [0.4, 0.5) is 0 Å². The van der Waals surface area contributed by atoms with Crippen LogP contribution >= 0.6 is 0 Å². The molecule has 0 aromatic carbocycles. The maximum absolute atomic E-state index is 12.1. The first kappa shape index (κ1) is 15.9. The zero-order chi connectivity index (χ0) is 14.8. The Balaban J connectivity index is 2.60. The first-order valence-electron chi connectivity index (χ1n) is 6.42. The molecule has 1 aliphatic heterocycles. The van der Waals surface area contributed by atoms with E-state index in [4.69, 9.17) is 9.47 Å². The Morgan fingerprint density at radius 2 is 1.79 bits per heavy atom. The zero-order valence-corrected chi connectivity index (χ0v) is 12.2. The van der Waals surface area contributed by atoms with Crippen LogP contribution in [0.3, 0.4) is 0 Å². The summed E-state index contributed by atoms with van der Waals surface area (Å²) in [5, 5.41) is 13.1. The number of rotatable bonds is 4. The average Bonchev–Trinajstić information content (AvgIpc) is 2.49. The molecule has 1 atom stereocenters. The Morgan fingerprint density at radius 3 is 2.21 bits per heavy atom. The SMILES string of the molecule is CCC(=O)OCOC(=O)C1CC(C)(C)N([O])C1(C)C.